The molecule has 2 aromatic rings. The molecular formula is C16H17ClN2O2. The van der Waals surface area contributed by atoms with E-state index in [4.69, 9.17) is 16.3 Å². The van der Waals surface area contributed by atoms with Gasteiger partial charge in [-0.3, -0.25) is 9.78 Å². The van der Waals surface area contributed by atoms with Gasteiger partial charge in [0, 0.05) is 24.3 Å². The Kier molecular flexibility index (Phi) is 5.17. The van der Waals surface area contributed by atoms with Crippen LogP contribution in [0.2, 0.25) is 5.02 Å². The van der Waals surface area contributed by atoms with Crippen LogP contribution < -0.4 is 4.74 Å². The second kappa shape index (κ2) is 7.09. The van der Waals surface area contributed by atoms with E-state index >= 15 is 0 Å². The Hall–Kier alpha value is -2.07. The van der Waals surface area contributed by atoms with Crippen LogP contribution in [-0.2, 0) is 6.54 Å². The van der Waals surface area contributed by atoms with E-state index in [1.54, 1.807) is 24.1 Å². The van der Waals surface area contributed by atoms with Gasteiger partial charge in [0.1, 0.15) is 11.4 Å². The van der Waals surface area contributed by atoms with Gasteiger partial charge in [-0.05, 0) is 36.8 Å². The number of carbonyl (C=O) groups excluding carboxylic acids is 1. The minimum atomic E-state index is -0.129. The predicted molar refractivity (Wildman–Crippen MR) is 82.7 cm³/mol. The minimum Gasteiger partial charge on any atom is -0.497 e. The van der Waals surface area contributed by atoms with Crippen LogP contribution in [0.1, 0.15) is 23.0 Å². The Morgan fingerprint density at radius 2 is 2.00 bits per heavy atom. The summed E-state index contributed by atoms with van der Waals surface area (Å²) in [7, 11) is 1.63. The summed E-state index contributed by atoms with van der Waals surface area (Å²) in [6.07, 6.45) is 1.54. The molecule has 0 saturated carbocycles. The van der Waals surface area contributed by atoms with Crippen molar-refractivity contribution < 1.29 is 9.53 Å². The molecule has 1 heterocycles. The second-order valence-electron chi connectivity index (χ2n) is 4.53. The van der Waals surface area contributed by atoms with E-state index in [1.807, 2.05) is 31.2 Å². The smallest absolute Gasteiger partial charge is 0.272 e. The molecule has 1 aromatic carbocycles. The van der Waals surface area contributed by atoms with Crippen molar-refractivity contribution in [1.82, 2.24) is 9.88 Å². The molecular weight excluding hydrogens is 288 g/mol. The fourth-order valence-corrected chi connectivity index (χ4v) is 2.12. The third-order valence-corrected chi connectivity index (χ3v) is 3.38. The van der Waals surface area contributed by atoms with Crippen LogP contribution in [0.3, 0.4) is 0 Å². The monoisotopic (exact) mass is 304 g/mol. The van der Waals surface area contributed by atoms with E-state index in [9.17, 15) is 4.79 Å². The topological polar surface area (TPSA) is 42.4 Å². The van der Waals surface area contributed by atoms with Crippen LogP contribution in [0.4, 0.5) is 0 Å². The Labute approximate surface area is 129 Å². The van der Waals surface area contributed by atoms with E-state index in [-0.39, 0.29) is 5.91 Å². The molecule has 0 N–H and O–H groups in total. The maximum atomic E-state index is 12.4. The summed E-state index contributed by atoms with van der Waals surface area (Å²) in [6, 6.07) is 10.9. The standard InChI is InChI=1S/C16H17ClN2O2/c1-3-19(11-12-4-6-14(21-2)7-5-12)16(20)15-10-13(17)8-9-18-15/h4-10H,3,11H2,1-2H3. The van der Waals surface area contributed by atoms with Crippen LogP contribution in [0.25, 0.3) is 0 Å². The quantitative estimate of drug-likeness (QED) is 0.850. The SMILES string of the molecule is CCN(Cc1ccc(OC)cc1)C(=O)c1cc(Cl)ccn1. The van der Waals surface area contributed by atoms with E-state index in [0.717, 1.165) is 11.3 Å². The van der Waals surface area contributed by atoms with Gasteiger partial charge in [-0.15, -0.1) is 0 Å². The zero-order chi connectivity index (χ0) is 15.2. The van der Waals surface area contributed by atoms with Gasteiger partial charge < -0.3 is 9.64 Å². The van der Waals surface area contributed by atoms with Crippen LogP contribution in [0.15, 0.2) is 42.6 Å². The zero-order valence-corrected chi connectivity index (χ0v) is 12.8. The lowest BCUT2D eigenvalue weighted by molar-refractivity contribution is 0.0746. The molecule has 0 saturated heterocycles. The Morgan fingerprint density at radius 1 is 1.29 bits per heavy atom. The number of benzene rings is 1. The number of halogens is 1. The van der Waals surface area contributed by atoms with Gasteiger partial charge in [-0.1, -0.05) is 23.7 Å². The first-order valence-corrected chi connectivity index (χ1v) is 7.05. The summed E-state index contributed by atoms with van der Waals surface area (Å²) >= 11 is 5.91. The number of hydrogen-bond donors (Lipinski definition) is 0. The summed E-state index contributed by atoms with van der Waals surface area (Å²) in [4.78, 5) is 18.2. The lowest BCUT2D eigenvalue weighted by Crippen LogP contribution is -2.30. The van der Waals surface area contributed by atoms with Crippen LogP contribution in [-0.4, -0.2) is 29.4 Å². The van der Waals surface area contributed by atoms with Crippen molar-refractivity contribution in [2.24, 2.45) is 0 Å². The Bertz CT molecular complexity index is 614. The van der Waals surface area contributed by atoms with Crippen LogP contribution >= 0.6 is 11.6 Å². The lowest BCUT2D eigenvalue weighted by Gasteiger charge is -2.20. The number of methoxy groups -OCH3 is 1. The second-order valence-corrected chi connectivity index (χ2v) is 4.96. The first-order valence-electron chi connectivity index (χ1n) is 6.67. The normalized spacial score (nSPS) is 10.2. The third-order valence-electron chi connectivity index (χ3n) is 3.14. The van der Waals surface area contributed by atoms with Crippen LogP contribution in [0.5, 0.6) is 5.75 Å². The molecule has 1 aromatic heterocycles. The third kappa shape index (κ3) is 3.95. The molecule has 0 aliphatic heterocycles. The molecule has 0 atom stereocenters. The molecule has 2 rings (SSSR count). The van der Waals surface area contributed by atoms with E-state index in [0.29, 0.717) is 23.8 Å². The molecule has 0 bridgehead atoms. The Morgan fingerprint density at radius 3 is 2.57 bits per heavy atom. The van der Waals surface area contributed by atoms with E-state index in [1.165, 1.54) is 6.20 Å². The largest absolute Gasteiger partial charge is 0.497 e. The molecule has 0 aliphatic rings. The van der Waals surface area contributed by atoms with Gasteiger partial charge in [0.15, 0.2) is 0 Å². The summed E-state index contributed by atoms with van der Waals surface area (Å²) in [5, 5.41) is 0.508. The number of rotatable bonds is 5. The molecule has 0 aliphatic carbocycles. The molecule has 0 unspecified atom stereocenters. The number of pyridine rings is 1. The van der Waals surface area contributed by atoms with Crippen LogP contribution in [0, 0.1) is 0 Å². The van der Waals surface area contributed by atoms with Crippen molar-refractivity contribution in [3.8, 4) is 5.75 Å². The molecule has 110 valence electrons. The zero-order valence-electron chi connectivity index (χ0n) is 12.0. The summed E-state index contributed by atoms with van der Waals surface area (Å²) < 4.78 is 5.13. The summed E-state index contributed by atoms with van der Waals surface area (Å²) in [5.41, 5.74) is 1.39. The molecule has 0 radical (unpaired) electrons. The molecule has 21 heavy (non-hydrogen) atoms. The number of aromatic nitrogens is 1. The highest BCUT2D eigenvalue weighted by atomic mass is 35.5. The van der Waals surface area contributed by atoms with Gasteiger partial charge in [0.2, 0.25) is 0 Å². The molecule has 4 nitrogen and oxygen atoms in total. The van der Waals surface area contributed by atoms with E-state index < -0.39 is 0 Å². The fourth-order valence-electron chi connectivity index (χ4n) is 1.96. The van der Waals surface area contributed by atoms with E-state index in [2.05, 4.69) is 4.98 Å². The Balaban J connectivity index is 2.13. The summed E-state index contributed by atoms with van der Waals surface area (Å²) in [5.74, 6) is 0.667. The number of amides is 1. The molecule has 0 fully saturated rings. The van der Waals surface area contributed by atoms with Gasteiger partial charge in [0.05, 0.1) is 7.11 Å². The first-order chi connectivity index (χ1) is 10.1. The number of carbonyl (C=O) groups is 1. The molecule has 1 amide bonds. The minimum absolute atomic E-state index is 0.129. The molecule has 5 heteroatoms. The number of hydrogen-bond acceptors (Lipinski definition) is 3. The van der Waals surface area contributed by atoms with Crippen molar-refractivity contribution >= 4 is 17.5 Å². The number of nitrogens with zero attached hydrogens (tertiary/aromatic N) is 2. The molecule has 0 spiro atoms. The first kappa shape index (κ1) is 15.3. The van der Waals surface area contributed by atoms with Gasteiger partial charge >= 0.3 is 0 Å². The maximum absolute atomic E-state index is 12.4. The predicted octanol–water partition coefficient (Wildman–Crippen LogP) is 3.41. The highest BCUT2D eigenvalue weighted by Crippen LogP contribution is 2.15. The van der Waals surface area contributed by atoms with Gasteiger partial charge in [0.25, 0.3) is 5.91 Å². The highest BCUT2D eigenvalue weighted by molar-refractivity contribution is 6.30. The van der Waals surface area contributed by atoms with Gasteiger partial charge in [-0.25, -0.2) is 0 Å². The average Bonchev–Trinajstić information content (AvgIpc) is 2.52. The highest BCUT2D eigenvalue weighted by Gasteiger charge is 2.16. The van der Waals surface area contributed by atoms with Gasteiger partial charge in [-0.2, -0.15) is 0 Å². The van der Waals surface area contributed by atoms with Crippen molar-refractivity contribution in [2.45, 2.75) is 13.5 Å². The lowest BCUT2D eigenvalue weighted by atomic mass is 10.2. The maximum Gasteiger partial charge on any atom is 0.272 e. The van der Waals surface area contributed by atoms with Crippen molar-refractivity contribution in [3.05, 3.63) is 58.9 Å². The van der Waals surface area contributed by atoms with Crippen molar-refractivity contribution in [1.29, 1.82) is 0 Å². The average molecular weight is 305 g/mol. The van der Waals surface area contributed by atoms with Crippen molar-refractivity contribution in [2.75, 3.05) is 13.7 Å². The van der Waals surface area contributed by atoms with Crippen molar-refractivity contribution in [3.63, 3.8) is 0 Å². The number of ether oxygens (including phenoxy) is 1. The summed E-state index contributed by atoms with van der Waals surface area (Å²) in [6.45, 7) is 3.05. The fraction of sp³-hybridized carbons (Fsp3) is 0.250.